The van der Waals surface area contributed by atoms with Crippen LogP contribution in [0.2, 0.25) is 0 Å². The Balaban J connectivity index is 2.22. The van der Waals surface area contributed by atoms with Crippen molar-refractivity contribution in [2.75, 3.05) is 19.8 Å². The van der Waals surface area contributed by atoms with Crippen molar-refractivity contribution in [3.05, 3.63) is 11.6 Å². The van der Waals surface area contributed by atoms with E-state index in [1.54, 1.807) is 13.8 Å². The van der Waals surface area contributed by atoms with Crippen molar-refractivity contribution < 1.29 is 23.8 Å². The second-order valence-electron chi connectivity index (χ2n) is 5.96. The highest BCUT2D eigenvalue weighted by Gasteiger charge is 2.51. The van der Waals surface area contributed by atoms with Crippen LogP contribution in [0.15, 0.2) is 11.6 Å². The average Bonchev–Trinajstić information content (AvgIpc) is 3.15. The number of hydrogen-bond acceptors (Lipinski definition) is 5. The van der Waals surface area contributed by atoms with Crippen molar-refractivity contribution in [2.45, 2.75) is 58.5 Å². The van der Waals surface area contributed by atoms with Gasteiger partial charge in [-0.25, -0.2) is 0 Å². The molecule has 5 nitrogen and oxygen atoms in total. The summed E-state index contributed by atoms with van der Waals surface area (Å²) in [5.74, 6) is -0.974. The van der Waals surface area contributed by atoms with Crippen molar-refractivity contribution >= 4 is 11.9 Å². The third-order valence-corrected chi connectivity index (χ3v) is 4.30. The molecule has 1 saturated heterocycles. The van der Waals surface area contributed by atoms with Gasteiger partial charge in [0.2, 0.25) is 0 Å². The third-order valence-electron chi connectivity index (χ3n) is 4.30. The first-order valence-electron chi connectivity index (χ1n) is 8.26. The molecule has 1 aliphatic carbocycles. The maximum atomic E-state index is 12.5. The molecular formula is C17H26O5. The van der Waals surface area contributed by atoms with E-state index in [-0.39, 0.29) is 19.3 Å². The summed E-state index contributed by atoms with van der Waals surface area (Å²) in [6, 6.07) is 0. The van der Waals surface area contributed by atoms with E-state index in [9.17, 15) is 9.59 Å². The van der Waals surface area contributed by atoms with Crippen LogP contribution in [0.5, 0.6) is 0 Å². The van der Waals surface area contributed by atoms with E-state index in [0.29, 0.717) is 19.4 Å². The molecule has 0 spiro atoms. The Bertz CT molecular complexity index is 410. The number of allylic oxidation sites excluding steroid dienone is 2. The van der Waals surface area contributed by atoms with Crippen molar-refractivity contribution in [1.82, 2.24) is 0 Å². The van der Waals surface area contributed by atoms with Crippen LogP contribution >= 0.6 is 0 Å². The van der Waals surface area contributed by atoms with Crippen molar-refractivity contribution in [1.29, 1.82) is 0 Å². The molecule has 1 atom stereocenters. The minimum atomic E-state index is -1.26. The van der Waals surface area contributed by atoms with Crippen LogP contribution in [0.25, 0.3) is 0 Å². The normalized spacial score (nSPS) is 20.6. The fraction of sp³-hybridized carbons (Fsp3) is 0.765. The molecule has 2 aliphatic rings. The van der Waals surface area contributed by atoms with Gasteiger partial charge < -0.3 is 14.2 Å². The van der Waals surface area contributed by atoms with Crippen LogP contribution in [0.1, 0.15) is 52.4 Å². The summed E-state index contributed by atoms with van der Waals surface area (Å²) in [5.41, 5.74) is 0.0673. The van der Waals surface area contributed by atoms with Crippen LogP contribution in [0, 0.1) is 5.41 Å². The fourth-order valence-electron chi connectivity index (χ4n) is 2.96. The molecule has 1 unspecified atom stereocenters. The molecule has 22 heavy (non-hydrogen) atoms. The summed E-state index contributed by atoms with van der Waals surface area (Å²) in [4.78, 5) is 25.1. The van der Waals surface area contributed by atoms with Crippen LogP contribution < -0.4 is 0 Å². The number of epoxide rings is 1. The molecule has 2 fully saturated rings. The number of hydrogen-bond donors (Lipinski definition) is 0. The van der Waals surface area contributed by atoms with E-state index in [1.165, 1.54) is 18.4 Å². The van der Waals surface area contributed by atoms with Gasteiger partial charge in [0, 0.05) is 6.42 Å². The lowest BCUT2D eigenvalue weighted by Gasteiger charge is -2.27. The predicted molar refractivity (Wildman–Crippen MR) is 81.2 cm³/mol. The number of carbonyl (C=O) groups excluding carboxylic acids is 2. The zero-order valence-electron chi connectivity index (χ0n) is 13.6. The molecule has 0 aromatic rings. The highest BCUT2D eigenvalue weighted by Crippen LogP contribution is 2.38. The minimum Gasteiger partial charge on any atom is -0.465 e. The molecule has 2 rings (SSSR count). The molecule has 124 valence electrons. The molecule has 0 aromatic heterocycles. The summed E-state index contributed by atoms with van der Waals surface area (Å²) in [6.45, 7) is 4.59. The first-order chi connectivity index (χ1) is 10.6. The van der Waals surface area contributed by atoms with Crippen LogP contribution in [-0.2, 0) is 23.8 Å². The molecule has 0 amide bonds. The molecule has 0 N–H and O–H groups in total. The zero-order chi connectivity index (χ0) is 16.0. The number of esters is 2. The summed E-state index contributed by atoms with van der Waals surface area (Å²) < 4.78 is 15.6. The molecule has 1 aliphatic heterocycles. The SMILES string of the molecule is CCOC(=O)C(CC=C1CCCC1)(CC1CO1)C(=O)OCC. The number of ether oxygens (including phenoxy) is 3. The van der Waals surface area contributed by atoms with Gasteiger partial charge in [0.1, 0.15) is 0 Å². The molecule has 1 saturated carbocycles. The monoisotopic (exact) mass is 310 g/mol. The third kappa shape index (κ3) is 4.09. The summed E-state index contributed by atoms with van der Waals surface area (Å²) in [6.07, 6.45) is 7.17. The maximum Gasteiger partial charge on any atom is 0.323 e. The summed E-state index contributed by atoms with van der Waals surface area (Å²) in [5, 5.41) is 0. The van der Waals surface area contributed by atoms with Gasteiger partial charge in [-0.15, -0.1) is 0 Å². The van der Waals surface area contributed by atoms with Gasteiger partial charge in [-0.2, -0.15) is 0 Å². The molecular weight excluding hydrogens is 284 g/mol. The average molecular weight is 310 g/mol. The van der Waals surface area contributed by atoms with Crippen LogP contribution in [0.4, 0.5) is 0 Å². The van der Waals surface area contributed by atoms with E-state index in [4.69, 9.17) is 14.2 Å². The lowest BCUT2D eigenvalue weighted by molar-refractivity contribution is -0.173. The van der Waals surface area contributed by atoms with Gasteiger partial charge in [-0.05, 0) is 46.0 Å². The fourth-order valence-corrected chi connectivity index (χ4v) is 2.96. The highest BCUT2D eigenvalue weighted by atomic mass is 16.6. The van der Waals surface area contributed by atoms with Gasteiger partial charge in [0.25, 0.3) is 0 Å². The van der Waals surface area contributed by atoms with Crippen molar-refractivity contribution in [3.63, 3.8) is 0 Å². The van der Waals surface area contributed by atoms with Crippen molar-refractivity contribution in [3.8, 4) is 0 Å². The van der Waals surface area contributed by atoms with Gasteiger partial charge in [-0.3, -0.25) is 9.59 Å². The molecule has 1 heterocycles. The Kier molecular flexibility index (Phi) is 6.00. The largest absolute Gasteiger partial charge is 0.465 e. The second kappa shape index (κ2) is 7.77. The van der Waals surface area contributed by atoms with E-state index in [2.05, 4.69) is 0 Å². The molecule has 0 aromatic carbocycles. The van der Waals surface area contributed by atoms with E-state index in [0.717, 1.165) is 12.8 Å². The molecule has 0 bridgehead atoms. The van der Waals surface area contributed by atoms with Crippen LogP contribution in [-0.4, -0.2) is 37.9 Å². The van der Waals surface area contributed by atoms with Gasteiger partial charge in [0.05, 0.1) is 25.9 Å². The predicted octanol–water partition coefficient (Wildman–Crippen LogP) is 2.78. The van der Waals surface area contributed by atoms with Crippen molar-refractivity contribution in [2.24, 2.45) is 5.41 Å². The second-order valence-corrected chi connectivity index (χ2v) is 5.96. The Morgan fingerprint density at radius 3 is 2.18 bits per heavy atom. The first-order valence-corrected chi connectivity index (χ1v) is 8.26. The van der Waals surface area contributed by atoms with E-state index < -0.39 is 17.4 Å². The number of carbonyl (C=O) groups is 2. The van der Waals surface area contributed by atoms with Gasteiger partial charge >= 0.3 is 11.9 Å². The maximum absolute atomic E-state index is 12.5. The standard InChI is InChI=1S/C17H26O5/c1-3-20-15(18)17(11-14-12-22-14,16(19)21-4-2)10-9-13-7-5-6-8-13/h9,14H,3-8,10-12H2,1-2H3. The Hall–Kier alpha value is -1.36. The highest BCUT2D eigenvalue weighted by molar-refractivity contribution is 6.00. The van der Waals surface area contributed by atoms with Gasteiger partial charge in [0.15, 0.2) is 5.41 Å². The zero-order valence-corrected chi connectivity index (χ0v) is 13.6. The lowest BCUT2D eigenvalue weighted by Crippen LogP contribution is -2.43. The molecule has 5 heteroatoms. The number of rotatable bonds is 8. The Morgan fingerprint density at radius 2 is 1.73 bits per heavy atom. The van der Waals surface area contributed by atoms with Gasteiger partial charge in [-0.1, -0.05) is 11.6 Å². The van der Waals surface area contributed by atoms with E-state index >= 15 is 0 Å². The molecule has 0 radical (unpaired) electrons. The minimum absolute atomic E-state index is 0.0456. The summed E-state index contributed by atoms with van der Waals surface area (Å²) in [7, 11) is 0. The Morgan fingerprint density at radius 1 is 1.18 bits per heavy atom. The lowest BCUT2D eigenvalue weighted by atomic mass is 9.79. The topological polar surface area (TPSA) is 65.1 Å². The Labute approximate surface area is 132 Å². The van der Waals surface area contributed by atoms with Crippen LogP contribution in [0.3, 0.4) is 0 Å². The quantitative estimate of drug-likeness (QED) is 0.298. The smallest absolute Gasteiger partial charge is 0.323 e. The van der Waals surface area contributed by atoms with E-state index in [1.807, 2.05) is 6.08 Å². The summed E-state index contributed by atoms with van der Waals surface area (Å²) >= 11 is 0. The first kappa shape index (κ1) is 17.0.